The minimum atomic E-state index is -1.05. The van der Waals surface area contributed by atoms with Gasteiger partial charge in [0, 0.05) is 30.4 Å². The summed E-state index contributed by atoms with van der Waals surface area (Å²) in [6.45, 7) is 0.0830. The molecule has 0 bridgehead atoms. The fourth-order valence-electron chi connectivity index (χ4n) is 2.77. The van der Waals surface area contributed by atoms with Gasteiger partial charge >= 0.3 is 0 Å². The molecule has 1 fully saturated rings. The summed E-state index contributed by atoms with van der Waals surface area (Å²) in [5.41, 5.74) is 0.691. The van der Waals surface area contributed by atoms with Crippen molar-refractivity contribution in [3.05, 3.63) is 53.1 Å². The Balaban J connectivity index is 1.70. The molecule has 2 aromatic carbocycles. The van der Waals surface area contributed by atoms with E-state index in [4.69, 9.17) is 16.3 Å². The predicted molar refractivity (Wildman–Crippen MR) is 93.5 cm³/mol. The van der Waals surface area contributed by atoms with Gasteiger partial charge < -0.3 is 15.0 Å². The summed E-state index contributed by atoms with van der Waals surface area (Å²) >= 11 is 6.02. The molecule has 5 nitrogen and oxygen atoms in total. The van der Waals surface area contributed by atoms with Crippen LogP contribution in [0.1, 0.15) is 6.42 Å². The minimum absolute atomic E-state index is 0.0191. The number of anilines is 2. The molecule has 26 heavy (non-hydrogen) atoms. The zero-order valence-corrected chi connectivity index (χ0v) is 14.5. The SMILES string of the molecule is COc1ccc(NC(=O)C2CC(=O)N(c3ccc(F)c(F)c3)C2)cc1Cl. The topological polar surface area (TPSA) is 58.6 Å². The molecule has 1 atom stereocenters. The molecule has 1 saturated heterocycles. The third-order valence-electron chi connectivity index (χ3n) is 4.13. The standard InChI is InChI=1S/C18H15ClF2N2O3/c1-26-16-5-2-11(7-13(16)19)22-18(25)10-6-17(24)23(9-10)12-3-4-14(20)15(21)8-12/h2-5,7-8,10H,6,9H2,1H3,(H,22,25). The number of ether oxygens (including phenoxy) is 1. The van der Waals surface area contributed by atoms with Gasteiger partial charge in [0.15, 0.2) is 11.6 Å². The van der Waals surface area contributed by atoms with E-state index in [2.05, 4.69) is 5.32 Å². The van der Waals surface area contributed by atoms with Crippen molar-refractivity contribution >= 4 is 34.8 Å². The average Bonchev–Trinajstić information content (AvgIpc) is 2.99. The quantitative estimate of drug-likeness (QED) is 0.881. The van der Waals surface area contributed by atoms with E-state index >= 15 is 0 Å². The molecule has 1 aliphatic heterocycles. The summed E-state index contributed by atoms with van der Waals surface area (Å²) in [6, 6.07) is 7.99. The van der Waals surface area contributed by atoms with E-state index in [1.165, 1.54) is 18.1 Å². The van der Waals surface area contributed by atoms with Crippen molar-refractivity contribution < 1.29 is 23.1 Å². The van der Waals surface area contributed by atoms with Crippen LogP contribution in [0.3, 0.4) is 0 Å². The lowest BCUT2D eigenvalue weighted by atomic mass is 10.1. The van der Waals surface area contributed by atoms with Crippen LogP contribution in [0.15, 0.2) is 36.4 Å². The Labute approximate surface area is 153 Å². The number of nitrogens with one attached hydrogen (secondary N) is 1. The smallest absolute Gasteiger partial charge is 0.229 e. The van der Waals surface area contributed by atoms with Crippen molar-refractivity contribution in [2.75, 3.05) is 23.9 Å². The molecule has 2 aromatic rings. The third-order valence-corrected chi connectivity index (χ3v) is 4.43. The first-order valence-corrected chi connectivity index (χ1v) is 8.16. The van der Waals surface area contributed by atoms with Crippen molar-refractivity contribution in [3.63, 3.8) is 0 Å². The molecule has 3 rings (SSSR count). The number of hydrogen-bond donors (Lipinski definition) is 1. The number of halogens is 3. The zero-order chi connectivity index (χ0) is 18.8. The number of methoxy groups -OCH3 is 1. The van der Waals surface area contributed by atoms with Crippen LogP contribution in [0, 0.1) is 17.6 Å². The number of carbonyl (C=O) groups excluding carboxylic acids is 2. The second-order valence-corrected chi connectivity index (χ2v) is 6.25. The maximum atomic E-state index is 13.4. The second kappa shape index (κ2) is 7.29. The summed E-state index contributed by atoms with van der Waals surface area (Å²) in [4.78, 5) is 25.9. The van der Waals surface area contributed by atoms with Crippen LogP contribution in [0.5, 0.6) is 5.75 Å². The Morgan fingerprint density at radius 3 is 2.65 bits per heavy atom. The van der Waals surface area contributed by atoms with Gasteiger partial charge in [0.2, 0.25) is 11.8 Å². The molecule has 1 N–H and O–H groups in total. The monoisotopic (exact) mass is 380 g/mol. The van der Waals surface area contributed by atoms with Gasteiger partial charge in [-0.25, -0.2) is 8.78 Å². The van der Waals surface area contributed by atoms with Gasteiger partial charge in [-0.15, -0.1) is 0 Å². The summed E-state index contributed by atoms with van der Waals surface area (Å²) in [6.07, 6.45) is -0.0191. The molecule has 0 radical (unpaired) electrons. The van der Waals surface area contributed by atoms with E-state index in [9.17, 15) is 18.4 Å². The van der Waals surface area contributed by atoms with Crippen LogP contribution >= 0.6 is 11.6 Å². The summed E-state index contributed by atoms with van der Waals surface area (Å²) in [5, 5.41) is 3.04. The number of amides is 2. The van der Waals surface area contributed by atoms with Crippen molar-refractivity contribution in [2.24, 2.45) is 5.92 Å². The van der Waals surface area contributed by atoms with Crippen LogP contribution in [-0.4, -0.2) is 25.5 Å². The number of nitrogens with zero attached hydrogens (tertiary/aromatic N) is 1. The van der Waals surface area contributed by atoms with Crippen LogP contribution in [-0.2, 0) is 9.59 Å². The highest BCUT2D eigenvalue weighted by atomic mass is 35.5. The number of benzene rings is 2. The summed E-state index contributed by atoms with van der Waals surface area (Å²) < 4.78 is 31.5. The highest BCUT2D eigenvalue weighted by Crippen LogP contribution is 2.29. The Hall–Kier alpha value is -2.67. The van der Waals surface area contributed by atoms with Crippen molar-refractivity contribution in [1.29, 1.82) is 0 Å². The molecule has 136 valence electrons. The Morgan fingerprint density at radius 1 is 1.23 bits per heavy atom. The van der Waals surface area contributed by atoms with Crippen molar-refractivity contribution in [1.82, 2.24) is 0 Å². The molecule has 2 amide bonds. The van der Waals surface area contributed by atoms with Crippen molar-refractivity contribution in [2.45, 2.75) is 6.42 Å². The van der Waals surface area contributed by atoms with Crippen LogP contribution < -0.4 is 15.0 Å². The Morgan fingerprint density at radius 2 is 2.00 bits per heavy atom. The van der Waals surface area contributed by atoms with E-state index in [1.807, 2.05) is 0 Å². The first kappa shape index (κ1) is 18.1. The normalized spacial score (nSPS) is 16.7. The molecule has 0 aliphatic carbocycles. The molecule has 1 unspecified atom stereocenters. The lowest BCUT2D eigenvalue weighted by Crippen LogP contribution is -2.28. The molecule has 8 heteroatoms. The molecular formula is C18H15ClF2N2O3. The summed E-state index contributed by atoms with van der Waals surface area (Å²) in [7, 11) is 1.48. The lowest BCUT2D eigenvalue weighted by molar-refractivity contribution is -0.122. The van der Waals surface area contributed by atoms with Crippen LogP contribution in [0.4, 0.5) is 20.2 Å². The fraction of sp³-hybridized carbons (Fsp3) is 0.222. The maximum Gasteiger partial charge on any atom is 0.229 e. The highest BCUT2D eigenvalue weighted by Gasteiger charge is 2.35. The van der Waals surface area contributed by atoms with Gasteiger partial charge in [-0.05, 0) is 30.3 Å². The number of hydrogen-bond acceptors (Lipinski definition) is 3. The molecule has 0 spiro atoms. The van der Waals surface area contributed by atoms with Crippen LogP contribution in [0.2, 0.25) is 5.02 Å². The molecule has 1 heterocycles. The molecule has 1 aliphatic rings. The highest BCUT2D eigenvalue weighted by molar-refractivity contribution is 6.32. The van der Waals surface area contributed by atoms with E-state index in [0.717, 1.165) is 12.1 Å². The first-order chi connectivity index (χ1) is 12.4. The molecule has 0 saturated carbocycles. The second-order valence-electron chi connectivity index (χ2n) is 5.84. The van der Waals surface area contributed by atoms with Gasteiger partial charge in [0.1, 0.15) is 5.75 Å². The van der Waals surface area contributed by atoms with Gasteiger partial charge in [0.25, 0.3) is 0 Å². The Kier molecular flexibility index (Phi) is 5.08. The summed E-state index contributed by atoms with van der Waals surface area (Å²) in [5.74, 6) is -2.86. The third kappa shape index (κ3) is 3.62. The molecule has 0 aromatic heterocycles. The first-order valence-electron chi connectivity index (χ1n) is 7.79. The zero-order valence-electron chi connectivity index (χ0n) is 13.8. The van der Waals surface area contributed by atoms with Gasteiger partial charge in [0.05, 0.1) is 18.1 Å². The van der Waals surface area contributed by atoms with E-state index in [1.54, 1.807) is 18.2 Å². The number of rotatable bonds is 4. The number of carbonyl (C=O) groups is 2. The van der Waals surface area contributed by atoms with E-state index in [0.29, 0.717) is 16.5 Å². The maximum absolute atomic E-state index is 13.4. The van der Waals surface area contributed by atoms with Crippen LogP contribution in [0.25, 0.3) is 0 Å². The lowest BCUT2D eigenvalue weighted by Gasteiger charge is -2.17. The Bertz CT molecular complexity index is 876. The minimum Gasteiger partial charge on any atom is -0.495 e. The molecular weight excluding hydrogens is 366 g/mol. The van der Waals surface area contributed by atoms with Gasteiger partial charge in [-0.3, -0.25) is 9.59 Å². The van der Waals surface area contributed by atoms with Gasteiger partial charge in [-0.2, -0.15) is 0 Å². The fourth-order valence-corrected chi connectivity index (χ4v) is 3.03. The van der Waals surface area contributed by atoms with E-state index in [-0.39, 0.29) is 30.5 Å². The van der Waals surface area contributed by atoms with Crippen molar-refractivity contribution in [3.8, 4) is 5.75 Å². The largest absolute Gasteiger partial charge is 0.495 e. The van der Waals surface area contributed by atoms with E-state index < -0.39 is 17.6 Å². The predicted octanol–water partition coefficient (Wildman–Crippen LogP) is 3.62. The van der Waals surface area contributed by atoms with Gasteiger partial charge in [-0.1, -0.05) is 11.6 Å². The average molecular weight is 381 g/mol.